The lowest BCUT2D eigenvalue weighted by Gasteiger charge is -2.18. The molecule has 1 amide bonds. The second-order valence-electron chi connectivity index (χ2n) is 5.98. The number of hydrogen-bond acceptors (Lipinski definition) is 2. The van der Waals surface area contributed by atoms with Crippen LogP contribution in [0.25, 0.3) is 0 Å². The summed E-state index contributed by atoms with van der Waals surface area (Å²) >= 11 is 0. The number of anilines is 3. The van der Waals surface area contributed by atoms with Crippen molar-refractivity contribution in [1.82, 2.24) is 5.32 Å². The number of fused-ring (bicyclic) bond motifs is 1. The lowest BCUT2D eigenvalue weighted by Crippen LogP contribution is -2.16. The summed E-state index contributed by atoms with van der Waals surface area (Å²) in [6.07, 6.45) is 0.366. The van der Waals surface area contributed by atoms with Crippen LogP contribution in [0.2, 0.25) is 0 Å². The zero-order chi connectivity index (χ0) is 17.1. The fourth-order valence-electron chi connectivity index (χ4n) is 2.99. The number of benzene rings is 3. The van der Waals surface area contributed by atoms with Crippen LogP contribution in [0.1, 0.15) is 5.56 Å². The number of nitrogens with zero attached hydrogens (tertiary/aromatic N) is 2. The Bertz CT molecular complexity index is 878. The molecule has 1 radical (unpaired) electrons. The van der Waals surface area contributed by atoms with Crippen molar-refractivity contribution in [2.45, 2.75) is 6.42 Å². The molecule has 1 aliphatic heterocycles. The highest BCUT2D eigenvalue weighted by Crippen LogP contribution is 2.38. The Morgan fingerprint density at radius 2 is 1.68 bits per heavy atom. The summed E-state index contributed by atoms with van der Waals surface area (Å²) in [5.74, 6) is -0.0210. The third-order valence-corrected chi connectivity index (χ3v) is 4.21. The fraction of sp³-hybridized carbons (Fsp3) is 0.0952. The summed E-state index contributed by atoms with van der Waals surface area (Å²) in [5, 5.41) is 7.54. The van der Waals surface area contributed by atoms with Crippen molar-refractivity contribution in [1.29, 1.82) is 0 Å². The highest BCUT2D eigenvalue weighted by atomic mass is 16.1. The first-order valence-electron chi connectivity index (χ1n) is 8.27. The molecule has 3 aromatic rings. The first-order valence-corrected chi connectivity index (χ1v) is 8.27. The van der Waals surface area contributed by atoms with Crippen LogP contribution in [0, 0.1) is 0 Å². The number of hydrogen-bond donors (Lipinski definition) is 1. The van der Waals surface area contributed by atoms with Gasteiger partial charge in [0.1, 0.15) is 6.67 Å². The Labute approximate surface area is 147 Å². The lowest BCUT2D eigenvalue weighted by molar-refractivity contribution is -0.115. The summed E-state index contributed by atoms with van der Waals surface area (Å²) in [6, 6.07) is 25.7. The normalized spacial score (nSPS) is 12.4. The summed E-state index contributed by atoms with van der Waals surface area (Å²) in [7, 11) is 0. The predicted molar refractivity (Wildman–Crippen MR) is 100 cm³/mol. The minimum absolute atomic E-state index is 0.0210. The minimum Gasteiger partial charge on any atom is -0.326 e. The van der Waals surface area contributed by atoms with Gasteiger partial charge in [-0.1, -0.05) is 48.5 Å². The largest absolute Gasteiger partial charge is 0.326 e. The molecule has 0 aliphatic carbocycles. The third-order valence-electron chi connectivity index (χ3n) is 4.21. The SMILES string of the molecule is O=C(Cc1ccccc1)Nc1ccc2c(c1)N(c1ccccc1)C[N]2. The van der Waals surface area contributed by atoms with Crippen LogP contribution in [0.3, 0.4) is 0 Å². The number of para-hydroxylation sites is 1. The van der Waals surface area contributed by atoms with E-state index in [1.807, 2.05) is 66.7 Å². The molecule has 0 spiro atoms. The van der Waals surface area contributed by atoms with Crippen LogP contribution in [-0.2, 0) is 11.2 Å². The van der Waals surface area contributed by atoms with E-state index in [1.54, 1.807) is 0 Å². The lowest BCUT2D eigenvalue weighted by atomic mass is 10.1. The standard InChI is InChI=1S/C21H18N3O/c25-21(13-16-7-3-1-4-8-16)23-17-11-12-19-20(14-17)24(15-22-19)18-9-5-2-6-10-18/h1-12,14H,13,15H2,(H,23,25). The van der Waals surface area contributed by atoms with E-state index in [2.05, 4.69) is 27.7 Å². The Morgan fingerprint density at radius 1 is 0.960 bits per heavy atom. The maximum atomic E-state index is 12.3. The Hall–Kier alpha value is -3.27. The van der Waals surface area contributed by atoms with E-state index >= 15 is 0 Å². The van der Waals surface area contributed by atoms with Crippen LogP contribution < -0.4 is 15.5 Å². The van der Waals surface area contributed by atoms with Crippen LogP contribution in [0.4, 0.5) is 22.7 Å². The number of rotatable bonds is 4. The number of carbonyl (C=O) groups excluding carboxylic acids is 1. The van der Waals surface area contributed by atoms with Gasteiger partial charge in [-0.3, -0.25) is 10.1 Å². The van der Waals surface area contributed by atoms with E-state index in [0.717, 1.165) is 28.3 Å². The molecular formula is C21H18N3O. The van der Waals surface area contributed by atoms with E-state index < -0.39 is 0 Å². The van der Waals surface area contributed by atoms with E-state index in [-0.39, 0.29) is 5.91 Å². The maximum Gasteiger partial charge on any atom is 0.228 e. The Balaban J connectivity index is 1.52. The molecule has 0 saturated heterocycles. The molecule has 3 aromatic carbocycles. The van der Waals surface area contributed by atoms with Gasteiger partial charge in [0, 0.05) is 11.4 Å². The summed E-state index contributed by atoms with van der Waals surface area (Å²) in [5.41, 5.74) is 4.85. The fourth-order valence-corrected chi connectivity index (χ4v) is 2.99. The molecular weight excluding hydrogens is 310 g/mol. The van der Waals surface area contributed by atoms with Crippen molar-refractivity contribution in [2.24, 2.45) is 0 Å². The van der Waals surface area contributed by atoms with E-state index in [4.69, 9.17) is 0 Å². The second kappa shape index (κ2) is 6.69. The van der Waals surface area contributed by atoms with Crippen LogP contribution >= 0.6 is 0 Å². The van der Waals surface area contributed by atoms with Gasteiger partial charge in [0.15, 0.2) is 0 Å². The third kappa shape index (κ3) is 3.33. The first-order chi connectivity index (χ1) is 12.3. The highest BCUT2D eigenvalue weighted by molar-refractivity contribution is 5.94. The maximum absolute atomic E-state index is 12.3. The average Bonchev–Trinajstić information content (AvgIpc) is 3.06. The molecule has 25 heavy (non-hydrogen) atoms. The summed E-state index contributed by atoms with van der Waals surface area (Å²) in [6.45, 7) is 0.598. The predicted octanol–water partition coefficient (Wildman–Crippen LogP) is 4.21. The van der Waals surface area contributed by atoms with Crippen molar-refractivity contribution in [3.8, 4) is 0 Å². The molecule has 0 atom stereocenters. The molecule has 0 aromatic heterocycles. The van der Waals surface area contributed by atoms with Gasteiger partial charge in [-0.25, -0.2) is 0 Å². The quantitative estimate of drug-likeness (QED) is 0.780. The van der Waals surface area contributed by atoms with E-state index in [9.17, 15) is 4.79 Å². The van der Waals surface area contributed by atoms with Gasteiger partial charge in [0.2, 0.25) is 5.91 Å². The van der Waals surface area contributed by atoms with Crippen LogP contribution in [-0.4, -0.2) is 12.6 Å². The zero-order valence-electron chi connectivity index (χ0n) is 13.7. The van der Waals surface area contributed by atoms with Gasteiger partial charge in [0.05, 0.1) is 17.8 Å². The number of carbonyl (C=O) groups is 1. The first kappa shape index (κ1) is 15.3. The average molecular weight is 328 g/mol. The monoisotopic (exact) mass is 328 g/mol. The zero-order valence-corrected chi connectivity index (χ0v) is 13.7. The smallest absolute Gasteiger partial charge is 0.228 e. The molecule has 0 bridgehead atoms. The van der Waals surface area contributed by atoms with Crippen LogP contribution in [0.5, 0.6) is 0 Å². The highest BCUT2D eigenvalue weighted by Gasteiger charge is 2.21. The van der Waals surface area contributed by atoms with Crippen molar-refractivity contribution in [3.05, 3.63) is 84.4 Å². The van der Waals surface area contributed by atoms with Crippen LogP contribution in [0.15, 0.2) is 78.9 Å². The van der Waals surface area contributed by atoms with Crippen molar-refractivity contribution < 1.29 is 4.79 Å². The second-order valence-corrected chi connectivity index (χ2v) is 5.98. The minimum atomic E-state index is -0.0210. The van der Waals surface area contributed by atoms with E-state index in [1.165, 1.54) is 0 Å². The molecule has 1 aliphatic rings. The number of nitrogens with one attached hydrogen (secondary N) is 1. The molecule has 1 N–H and O–H groups in total. The van der Waals surface area contributed by atoms with Crippen molar-refractivity contribution in [2.75, 3.05) is 16.9 Å². The number of amides is 1. The molecule has 123 valence electrons. The van der Waals surface area contributed by atoms with Gasteiger partial charge in [-0.05, 0) is 35.9 Å². The van der Waals surface area contributed by atoms with E-state index in [0.29, 0.717) is 13.1 Å². The molecule has 0 unspecified atom stereocenters. The van der Waals surface area contributed by atoms with Gasteiger partial charge < -0.3 is 10.2 Å². The molecule has 1 heterocycles. The molecule has 0 fully saturated rings. The van der Waals surface area contributed by atoms with Gasteiger partial charge in [-0.15, -0.1) is 0 Å². The van der Waals surface area contributed by atoms with Gasteiger partial charge in [0.25, 0.3) is 0 Å². The van der Waals surface area contributed by atoms with Gasteiger partial charge in [-0.2, -0.15) is 0 Å². The Kier molecular flexibility index (Phi) is 4.09. The molecule has 4 rings (SSSR count). The Morgan fingerprint density at radius 3 is 2.44 bits per heavy atom. The molecule has 0 saturated carbocycles. The molecule has 4 heteroatoms. The van der Waals surface area contributed by atoms with Crippen molar-refractivity contribution >= 4 is 28.7 Å². The summed E-state index contributed by atoms with van der Waals surface area (Å²) in [4.78, 5) is 14.4. The summed E-state index contributed by atoms with van der Waals surface area (Å²) < 4.78 is 0. The molecule has 4 nitrogen and oxygen atoms in total. The topological polar surface area (TPSA) is 46.4 Å². The van der Waals surface area contributed by atoms with Crippen molar-refractivity contribution in [3.63, 3.8) is 0 Å². The van der Waals surface area contributed by atoms with Gasteiger partial charge >= 0.3 is 0 Å².